The molecule has 0 spiro atoms. The molecule has 0 unspecified atom stereocenters. The zero-order chi connectivity index (χ0) is 8.36. The smallest absolute Gasteiger partial charge is 0.293 e. The second kappa shape index (κ2) is 8.48. The van der Waals surface area contributed by atoms with Crippen LogP contribution in [0.2, 0.25) is 0 Å². The highest BCUT2D eigenvalue weighted by atomic mass is 16.5. The Morgan fingerprint density at radius 3 is 2.36 bits per heavy atom. The largest absolute Gasteiger partial charge is 0.468 e. The standard InChI is InChI=1S/C3H3N3.C3H6O2/c1-2-5-6-3-4-1;1-2-5-3-4/h1-3H;3H,2H2,1H3. The van der Waals surface area contributed by atoms with E-state index < -0.39 is 0 Å². The molecule has 1 heterocycles. The minimum Gasteiger partial charge on any atom is -0.468 e. The van der Waals surface area contributed by atoms with Crippen LogP contribution in [0.5, 0.6) is 0 Å². The third kappa shape index (κ3) is 8.48. The molecule has 0 aliphatic rings. The van der Waals surface area contributed by atoms with Gasteiger partial charge in [-0.1, -0.05) is 0 Å². The zero-order valence-electron chi connectivity index (χ0n) is 6.17. The first-order valence-corrected chi connectivity index (χ1v) is 3.03. The van der Waals surface area contributed by atoms with E-state index >= 15 is 0 Å². The molecule has 0 bridgehead atoms. The van der Waals surface area contributed by atoms with Crippen molar-refractivity contribution in [2.75, 3.05) is 6.61 Å². The number of ether oxygens (including phenoxy) is 1. The zero-order valence-corrected chi connectivity index (χ0v) is 6.17. The van der Waals surface area contributed by atoms with Gasteiger partial charge in [-0.05, 0) is 6.92 Å². The maximum absolute atomic E-state index is 9.18. The number of carbonyl (C=O) groups excluding carboxylic acids is 1. The molecule has 0 saturated heterocycles. The highest BCUT2D eigenvalue weighted by Gasteiger charge is 1.61. The van der Waals surface area contributed by atoms with Crippen molar-refractivity contribution in [2.45, 2.75) is 6.92 Å². The molecular formula is C6H9N3O2. The maximum atomic E-state index is 9.18. The molecule has 5 heteroatoms. The lowest BCUT2D eigenvalue weighted by molar-refractivity contribution is -0.128. The maximum Gasteiger partial charge on any atom is 0.293 e. The first-order chi connectivity index (χ1) is 5.41. The van der Waals surface area contributed by atoms with Crippen molar-refractivity contribution in [1.29, 1.82) is 0 Å². The molecular weight excluding hydrogens is 146 g/mol. The van der Waals surface area contributed by atoms with E-state index in [0.717, 1.165) is 0 Å². The quantitative estimate of drug-likeness (QED) is 0.564. The lowest BCUT2D eigenvalue weighted by Gasteiger charge is -1.79. The fraction of sp³-hybridized carbons (Fsp3) is 0.333. The molecule has 0 N–H and O–H groups in total. The van der Waals surface area contributed by atoms with E-state index in [1.165, 1.54) is 12.5 Å². The van der Waals surface area contributed by atoms with Crippen LogP contribution in [0.15, 0.2) is 18.7 Å². The number of hydrogen-bond acceptors (Lipinski definition) is 5. The van der Waals surface area contributed by atoms with Crippen molar-refractivity contribution in [1.82, 2.24) is 15.2 Å². The molecule has 1 rings (SSSR count). The third-order valence-corrected chi connectivity index (χ3v) is 0.639. The number of rotatable bonds is 2. The average Bonchev–Trinajstić information content (AvgIpc) is 2.10. The number of hydrogen-bond donors (Lipinski definition) is 0. The van der Waals surface area contributed by atoms with Gasteiger partial charge in [0.15, 0.2) is 0 Å². The van der Waals surface area contributed by atoms with Crippen LogP contribution in [0.4, 0.5) is 0 Å². The Hall–Kier alpha value is -1.52. The summed E-state index contributed by atoms with van der Waals surface area (Å²) in [5, 5.41) is 6.90. The molecule has 0 aliphatic carbocycles. The summed E-state index contributed by atoms with van der Waals surface area (Å²) in [6.45, 7) is 2.66. The summed E-state index contributed by atoms with van der Waals surface area (Å²) in [5.74, 6) is 0. The van der Waals surface area contributed by atoms with Crippen LogP contribution < -0.4 is 0 Å². The summed E-state index contributed by atoms with van der Waals surface area (Å²) in [6.07, 6.45) is 4.49. The molecule has 11 heavy (non-hydrogen) atoms. The highest BCUT2D eigenvalue weighted by molar-refractivity contribution is 5.36. The Morgan fingerprint density at radius 2 is 2.27 bits per heavy atom. The van der Waals surface area contributed by atoms with Crippen LogP contribution in [0.3, 0.4) is 0 Å². The summed E-state index contributed by atoms with van der Waals surface area (Å²) >= 11 is 0. The Kier molecular flexibility index (Phi) is 7.31. The molecule has 0 saturated carbocycles. The minimum absolute atomic E-state index is 0.431. The summed E-state index contributed by atoms with van der Waals surface area (Å²) in [4.78, 5) is 12.8. The summed E-state index contributed by atoms with van der Waals surface area (Å²) in [5.41, 5.74) is 0. The molecule has 1 aromatic rings. The van der Waals surface area contributed by atoms with Gasteiger partial charge in [0.1, 0.15) is 6.33 Å². The second-order valence-corrected chi connectivity index (χ2v) is 1.35. The predicted molar refractivity (Wildman–Crippen MR) is 37.5 cm³/mol. The monoisotopic (exact) mass is 155 g/mol. The predicted octanol–water partition coefficient (Wildman–Crippen LogP) is 0.0509. The molecule has 0 amide bonds. The van der Waals surface area contributed by atoms with Gasteiger partial charge in [0.2, 0.25) is 0 Å². The van der Waals surface area contributed by atoms with Gasteiger partial charge in [-0.15, -0.1) is 5.10 Å². The highest BCUT2D eigenvalue weighted by Crippen LogP contribution is 1.59. The normalized spacial score (nSPS) is 7.36. The SMILES string of the molecule is CCOC=O.c1cnncn1. The molecule has 0 aliphatic heterocycles. The molecule has 0 atom stereocenters. The van der Waals surface area contributed by atoms with Crippen LogP contribution in [0.1, 0.15) is 6.92 Å². The van der Waals surface area contributed by atoms with Gasteiger partial charge in [-0.2, -0.15) is 5.10 Å². The van der Waals surface area contributed by atoms with Gasteiger partial charge in [-0.3, -0.25) is 4.79 Å². The van der Waals surface area contributed by atoms with Crippen molar-refractivity contribution in [2.24, 2.45) is 0 Å². The minimum atomic E-state index is 0.431. The summed E-state index contributed by atoms with van der Waals surface area (Å²) in [7, 11) is 0. The van der Waals surface area contributed by atoms with E-state index in [-0.39, 0.29) is 0 Å². The molecule has 0 aromatic carbocycles. The fourth-order valence-electron chi connectivity index (χ4n) is 0.273. The van der Waals surface area contributed by atoms with Crippen LogP contribution in [0, 0.1) is 0 Å². The number of carbonyl (C=O) groups is 1. The molecule has 0 fully saturated rings. The average molecular weight is 155 g/mol. The van der Waals surface area contributed by atoms with E-state index in [1.807, 2.05) is 0 Å². The molecule has 5 nitrogen and oxygen atoms in total. The van der Waals surface area contributed by atoms with E-state index in [2.05, 4.69) is 19.9 Å². The Labute approximate surface area is 64.4 Å². The van der Waals surface area contributed by atoms with E-state index in [1.54, 1.807) is 13.1 Å². The van der Waals surface area contributed by atoms with Gasteiger partial charge in [0.25, 0.3) is 6.47 Å². The number of aromatic nitrogens is 3. The van der Waals surface area contributed by atoms with Gasteiger partial charge in [-0.25, -0.2) is 4.98 Å². The Balaban J connectivity index is 0.000000187. The molecule has 1 aromatic heterocycles. The fourth-order valence-corrected chi connectivity index (χ4v) is 0.273. The summed E-state index contributed by atoms with van der Waals surface area (Å²) in [6, 6.07) is 0. The van der Waals surface area contributed by atoms with Crippen molar-refractivity contribution < 1.29 is 9.53 Å². The van der Waals surface area contributed by atoms with E-state index in [0.29, 0.717) is 13.1 Å². The molecule has 60 valence electrons. The van der Waals surface area contributed by atoms with Gasteiger partial charge < -0.3 is 4.74 Å². The Morgan fingerprint density at radius 1 is 1.45 bits per heavy atom. The van der Waals surface area contributed by atoms with Crippen molar-refractivity contribution in [3.63, 3.8) is 0 Å². The topological polar surface area (TPSA) is 65.0 Å². The van der Waals surface area contributed by atoms with Crippen LogP contribution in [0.25, 0.3) is 0 Å². The lowest BCUT2D eigenvalue weighted by Crippen LogP contribution is -1.80. The van der Waals surface area contributed by atoms with Gasteiger partial charge in [0, 0.05) is 6.20 Å². The van der Waals surface area contributed by atoms with Crippen LogP contribution in [-0.2, 0) is 9.53 Å². The Bertz CT molecular complexity index is 142. The van der Waals surface area contributed by atoms with Crippen molar-refractivity contribution >= 4 is 6.47 Å². The third-order valence-electron chi connectivity index (χ3n) is 0.639. The number of nitrogens with zero attached hydrogens (tertiary/aromatic N) is 3. The lowest BCUT2D eigenvalue weighted by atomic mass is 10.9. The van der Waals surface area contributed by atoms with Crippen LogP contribution >= 0.6 is 0 Å². The van der Waals surface area contributed by atoms with E-state index in [4.69, 9.17) is 0 Å². The van der Waals surface area contributed by atoms with Gasteiger partial charge in [0.05, 0.1) is 12.8 Å². The van der Waals surface area contributed by atoms with Gasteiger partial charge >= 0.3 is 0 Å². The van der Waals surface area contributed by atoms with Crippen LogP contribution in [-0.4, -0.2) is 28.3 Å². The first kappa shape index (κ1) is 9.48. The van der Waals surface area contributed by atoms with Crippen molar-refractivity contribution in [3.05, 3.63) is 18.7 Å². The summed E-state index contributed by atoms with van der Waals surface area (Å²) < 4.78 is 4.15. The first-order valence-electron chi connectivity index (χ1n) is 3.03. The van der Waals surface area contributed by atoms with E-state index in [9.17, 15) is 4.79 Å². The van der Waals surface area contributed by atoms with Crippen molar-refractivity contribution in [3.8, 4) is 0 Å². The second-order valence-electron chi connectivity index (χ2n) is 1.35. The molecule has 0 radical (unpaired) electrons.